The van der Waals surface area contributed by atoms with Gasteiger partial charge in [-0.05, 0) is 18.2 Å². The molecule has 1 N–H and O–H groups in total. The van der Waals surface area contributed by atoms with Crippen molar-refractivity contribution in [3.63, 3.8) is 0 Å². The van der Waals surface area contributed by atoms with Crippen molar-refractivity contribution in [3.05, 3.63) is 23.8 Å². The lowest BCUT2D eigenvalue weighted by molar-refractivity contribution is 0.0735. The molecule has 1 saturated heterocycles. The third-order valence-corrected chi connectivity index (χ3v) is 5.41. The van der Waals surface area contributed by atoms with E-state index in [1.165, 1.54) is 33.3 Å². The van der Waals surface area contributed by atoms with Crippen molar-refractivity contribution in [2.24, 2.45) is 0 Å². The van der Waals surface area contributed by atoms with Gasteiger partial charge in [0.15, 0.2) is 0 Å². The van der Waals surface area contributed by atoms with Crippen LogP contribution < -0.4 is 10.1 Å². The summed E-state index contributed by atoms with van der Waals surface area (Å²) in [5.41, 5.74) is 0.350. The molecule has 0 atom stereocenters. The van der Waals surface area contributed by atoms with Crippen molar-refractivity contribution in [1.29, 1.82) is 0 Å². The minimum Gasteiger partial charge on any atom is -0.495 e. The summed E-state index contributed by atoms with van der Waals surface area (Å²) in [4.78, 5) is 14.2. The Morgan fingerprint density at radius 1 is 1.27 bits per heavy atom. The van der Waals surface area contributed by atoms with Gasteiger partial charge in [0, 0.05) is 45.8 Å². The molecule has 0 aromatic heterocycles. The highest BCUT2D eigenvalue weighted by Crippen LogP contribution is 2.27. The zero-order chi connectivity index (χ0) is 16.3. The number of amides is 1. The van der Waals surface area contributed by atoms with Crippen molar-refractivity contribution in [1.82, 2.24) is 14.5 Å². The topological polar surface area (TPSA) is 79.0 Å². The fourth-order valence-corrected chi connectivity index (χ4v) is 3.33. The van der Waals surface area contributed by atoms with E-state index in [-0.39, 0.29) is 16.6 Å². The third kappa shape index (κ3) is 3.23. The quantitative estimate of drug-likeness (QED) is 0.841. The number of benzene rings is 1. The highest BCUT2D eigenvalue weighted by molar-refractivity contribution is 7.89. The molecular weight excluding hydrogens is 306 g/mol. The summed E-state index contributed by atoms with van der Waals surface area (Å²) < 4.78 is 31.0. The van der Waals surface area contributed by atoms with Gasteiger partial charge in [-0.1, -0.05) is 0 Å². The number of hydrogen-bond acceptors (Lipinski definition) is 5. The largest absolute Gasteiger partial charge is 0.495 e. The lowest BCUT2D eigenvalue weighted by Crippen LogP contribution is -2.46. The van der Waals surface area contributed by atoms with E-state index in [1.54, 1.807) is 11.0 Å². The Morgan fingerprint density at radius 3 is 2.45 bits per heavy atom. The van der Waals surface area contributed by atoms with Gasteiger partial charge in [0.25, 0.3) is 5.91 Å². The molecule has 0 aliphatic carbocycles. The first-order chi connectivity index (χ1) is 10.4. The van der Waals surface area contributed by atoms with E-state index in [2.05, 4.69) is 5.32 Å². The Morgan fingerprint density at radius 2 is 1.91 bits per heavy atom. The van der Waals surface area contributed by atoms with Gasteiger partial charge in [0.1, 0.15) is 10.6 Å². The number of ether oxygens (including phenoxy) is 1. The van der Waals surface area contributed by atoms with Gasteiger partial charge in [-0.15, -0.1) is 0 Å². The smallest absolute Gasteiger partial charge is 0.253 e. The van der Waals surface area contributed by atoms with Crippen LogP contribution >= 0.6 is 0 Å². The number of methoxy groups -OCH3 is 1. The predicted molar refractivity (Wildman–Crippen MR) is 82.6 cm³/mol. The van der Waals surface area contributed by atoms with E-state index in [1.807, 2.05) is 0 Å². The second-order valence-corrected chi connectivity index (χ2v) is 7.32. The summed E-state index contributed by atoms with van der Waals surface area (Å²) in [7, 11) is 0.611. The maximum Gasteiger partial charge on any atom is 0.253 e. The molecule has 1 fully saturated rings. The van der Waals surface area contributed by atoms with Crippen molar-refractivity contribution < 1.29 is 17.9 Å². The van der Waals surface area contributed by atoms with Crippen LogP contribution in [0.25, 0.3) is 0 Å². The van der Waals surface area contributed by atoms with Crippen molar-refractivity contribution in [2.75, 3.05) is 47.4 Å². The van der Waals surface area contributed by atoms with Crippen LogP contribution in [0.15, 0.2) is 23.1 Å². The molecule has 2 rings (SSSR count). The molecule has 1 aromatic carbocycles. The minimum atomic E-state index is -3.68. The summed E-state index contributed by atoms with van der Waals surface area (Å²) in [6.07, 6.45) is 0. The number of carbonyl (C=O) groups excluding carboxylic acids is 1. The average Bonchev–Trinajstić information content (AvgIpc) is 2.54. The summed E-state index contributed by atoms with van der Waals surface area (Å²) in [5, 5.41) is 3.17. The van der Waals surface area contributed by atoms with Crippen molar-refractivity contribution >= 4 is 15.9 Å². The number of piperazine rings is 1. The zero-order valence-corrected chi connectivity index (χ0v) is 13.8. The number of nitrogens with one attached hydrogen (secondary N) is 1. The maximum atomic E-state index is 12.5. The first-order valence-corrected chi connectivity index (χ1v) is 8.42. The van der Waals surface area contributed by atoms with Gasteiger partial charge in [-0.2, -0.15) is 0 Å². The number of sulfonamides is 1. The molecule has 0 saturated carbocycles. The first-order valence-electron chi connectivity index (χ1n) is 6.98. The van der Waals surface area contributed by atoms with Gasteiger partial charge in [-0.25, -0.2) is 12.7 Å². The number of carbonyl (C=O) groups is 1. The molecule has 0 bridgehead atoms. The third-order valence-electron chi connectivity index (χ3n) is 3.57. The monoisotopic (exact) mass is 327 g/mol. The van der Waals surface area contributed by atoms with Crippen molar-refractivity contribution in [3.8, 4) is 5.75 Å². The lowest BCUT2D eigenvalue weighted by Gasteiger charge is -2.27. The molecule has 122 valence electrons. The molecule has 1 aromatic rings. The van der Waals surface area contributed by atoms with Crippen LogP contribution in [0.5, 0.6) is 5.75 Å². The SMILES string of the molecule is COc1ccc(C(=O)N2CCNCC2)cc1S(=O)(=O)N(C)C. The predicted octanol–water partition coefficient (Wildman–Crippen LogP) is -0.00910. The molecule has 7 nitrogen and oxygen atoms in total. The number of hydrogen-bond donors (Lipinski definition) is 1. The van der Waals surface area contributed by atoms with Crippen LogP contribution in [0, 0.1) is 0 Å². The summed E-state index contributed by atoms with van der Waals surface area (Å²) in [5.74, 6) is 0.0601. The number of rotatable bonds is 4. The lowest BCUT2D eigenvalue weighted by atomic mass is 10.1. The van der Waals surface area contributed by atoms with E-state index in [0.29, 0.717) is 18.7 Å². The molecule has 1 amide bonds. The molecular formula is C14H21N3O4S. The van der Waals surface area contributed by atoms with Crippen LogP contribution in [0.3, 0.4) is 0 Å². The van der Waals surface area contributed by atoms with Crippen LogP contribution in [-0.4, -0.2) is 70.9 Å². The van der Waals surface area contributed by atoms with E-state index in [9.17, 15) is 13.2 Å². The van der Waals surface area contributed by atoms with Crippen LogP contribution in [-0.2, 0) is 10.0 Å². The van der Waals surface area contributed by atoms with Gasteiger partial charge < -0.3 is 15.0 Å². The average molecular weight is 327 g/mol. The van der Waals surface area contributed by atoms with Gasteiger partial charge in [0.05, 0.1) is 7.11 Å². The van der Waals surface area contributed by atoms with Gasteiger partial charge in [0.2, 0.25) is 10.0 Å². The second kappa shape index (κ2) is 6.64. The van der Waals surface area contributed by atoms with Crippen LogP contribution in [0.1, 0.15) is 10.4 Å². The molecule has 0 spiro atoms. The summed E-state index contributed by atoms with van der Waals surface area (Å²) >= 11 is 0. The first kappa shape index (κ1) is 16.7. The summed E-state index contributed by atoms with van der Waals surface area (Å²) in [6.45, 7) is 2.71. The Kier molecular flexibility index (Phi) is 5.05. The molecule has 8 heteroatoms. The Labute approximate surface area is 130 Å². The Hall–Kier alpha value is -1.64. The standard InChI is InChI=1S/C14H21N3O4S/c1-16(2)22(19,20)13-10-11(4-5-12(13)21-3)14(18)17-8-6-15-7-9-17/h4-5,10,15H,6-9H2,1-3H3. The van der Waals surface area contributed by atoms with E-state index < -0.39 is 10.0 Å². The molecule has 1 aliphatic rings. The van der Waals surface area contributed by atoms with E-state index >= 15 is 0 Å². The normalized spacial score (nSPS) is 15.9. The van der Waals surface area contributed by atoms with Crippen LogP contribution in [0.4, 0.5) is 0 Å². The molecule has 0 radical (unpaired) electrons. The molecule has 22 heavy (non-hydrogen) atoms. The molecule has 0 unspecified atom stereocenters. The van der Waals surface area contributed by atoms with Gasteiger partial charge in [-0.3, -0.25) is 4.79 Å². The zero-order valence-electron chi connectivity index (χ0n) is 13.0. The van der Waals surface area contributed by atoms with E-state index in [4.69, 9.17) is 4.74 Å². The fraction of sp³-hybridized carbons (Fsp3) is 0.500. The minimum absolute atomic E-state index is 0.000912. The van der Waals surface area contributed by atoms with Gasteiger partial charge >= 0.3 is 0 Å². The molecule has 1 heterocycles. The number of nitrogens with zero attached hydrogens (tertiary/aromatic N) is 2. The Balaban J connectivity index is 2.41. The van der Waals surface area contributed by atoms with Crippen molar-refractivity contribution in [2.45, 2.75) is 4.90 Å². The Bertz CT molecular complexity index is 652. The summed E-state index contributed by atoms with van der Waals surface area (Å²) in [6, 6.07) is 4.50. The molecule has 1 aliphatic heterocycles. The van der Waals surface area contributed by atoms with Crippen LogP contribution in [0.2, 0.25) is 0 Å². The maximum absolute atomic E-state index is 12.5. The van der Waals surface area contributed by atoms with E-state index in [0.717, 1.165) is 17.4 Å². The highest BCUT2D eigenvalue weighted by atomic mass is 32.2. The highest BCUT2D eigenvalue weighted by Gasteiger charge is 2.25. The second-order valence-electron chi connectivity index (χ2n) is 5.20. The fourth-order valence-electron chi connectivity index (χ4n) is 2.26.